The number of rotatable bonds is 2. The second kappa shape index (κ2) is 4.87. The lowest BCUT2D eigenvalue weighted by atomic mass is 9.70. The van der Waals surface area contributed by atoms with Crippen molar-refractivity contribution >= 4 is 12.1 Å². The molecule has 0 spiro atoms. The number of carbonyl (C=O) groups is 2. The van der Waals surface area contributed by atoms with E-state index in [1.54, 1.807) is 0 Å². The number of hydrogen-bond acceptors (Lipinski definition) is 3. The predicted molar refractivity (Wildman–Crippen MR) is 81.5 cm³/mol. The van der Waals surface area contributed by atoms with Crippen molar-refractivity contribution in [2.75, 3.05) is 0 Å². The first-order valence-corrected chi connectivity index (χ1v) is 8.39. The van der Waals surface area contributed by atoms with Crippen molar-refractivity contribution in [2.45, 2.75) is 76.9 Å². The summed E-state index contributed by atoms with van der Waals surface area (Å²) in [4.78, 5) is 24.2. The van der Waals surface area contributed by atoms with Gasteiger partial charge in [0, 0.05) is 5.54 Å². The second-order valence-electron chi connectivity index (χ2n) is 8.64. The van der Waals surface area contributed by atoms with Gasteiger partial charge in [0.15, 0.2) is 0 Å². The van der Waals surface area contributed by atoms with Crippen LogP contribution >= 0.6 is 0 Å². The molecule has 124 valence electrons. The number of nitrogens with one attached hydrogen (secondary N) is 1. The minimum absolute atomic E-state index is 0.275. The number of carbonyl (C=O) groups excluding carboxylic acids is 1. The Kier molecular flexibility index (Phi) is 3.46. The van der Waals surface area contributed by atoms with E-state index in [9.17, 15) is 14.7 Å². The molecule has 5 heteroatoms. The zero-order chi connectivity index (χ0) is 16.2. The van der Waals surface area contributed by atoms with E-state index in [1.807, 2.05) is 20.8 Å². The van der Waals surface area contributed by atoms with Crippen LogP contribution in [-0.4, -0.2) is 28.3 Å². The monoisotopic (exact) mass is 309 g/mol. The summed E-state index contributed by atoms with van der Waals surface area (Å²) in [5.74, 6) is 0.0917. The minimum atomic E-state index is -0.683. The highest BCUT2D eigenvalue weighted by atomic mass is 16.6. The van der Waals surface area contributed by atoms with Gasteiger partial charge in [-0.1, -0.05) is 12.8 Å². The van der Waals surface area contributed by atoms with E-state index in [4.69, 9.17) is 4.74 Å². The van der Waals surface area contributed by atoms with Crippen LogP contribution in [0.4, 0.5) is 4.79 Å². The van der Waals surface area contributed by atoms with Crippen molar-refractivity contribution in [1.82, 2.24) is 5.32 Å². The lowest BCUT2D eigenvalue weighted by Crippen LogP contribution is -2.52. The SMILES string of the molecule is CC(C)(C)OC(=O)NC12CCCC3CC1CC(C(=O)O)(C3)C2. The van der Waals surface area contributed by atoms with Crippen LogP contribution in [0, 0.1) is 17.3 Å². The van der Waals surface area contributed by atoms with E-state index in [2.05, 4.69) is 5.32 Å². The molecule has 0 aliphatic heterocycles. The quantitative estimate of drug-likeness (QED) is 0.820. The number of ether oxygens (including phenoxy) is 1. The van der Waals surface area contributed by atoms with Crippen molar-refractivity contribution in [2.24, 2.45) is 17.3 Å². The molecule has 3 bridgehead atoms. The summed E-state index contributed by atoms with van der Waals surface area (Å²) in [5, 5.41) is 12.9. The van der Waals surface area contributed by atoms with Crippen molar-refractivity contribution in [3.63, 3.8) is 0 Å². The highest BCUT2D eigenvalue weighted by molar-refractivity contribution is 5.77. The molecule has 0 heterocycles. The predicted octanol–water partition coefficient (Wildman–Crippen LogP) is 3.32. The van der Waals surface area contributed by atoms with E-state index in [1.165, 1.54) is 0 Å². The van der Waals surface area contributed by atoms with E-state index in [0.29, 0.717) is 18.8 Å². The zero-order valence-electron chi connectivity index (χ0n) is 13.8. The standard InChI is InChI=1S/C17H27NO4/c1-15(2,3)22-14(21)18-17-6-4-5-11-7-12(17)9-16(8-11,10-17)13(19)20/h11-12H,4-10H2,1-3H3,(H,18,21)(H,19,20). The van der Waals surface area contributed by atoms with Gasteiger partial charge in [-0.05, 0) is 64.7 Å². The highest BCUT2D eigenvalue weighted by Crippen LogP contribution is 2.61. The normalized spacial score (nSPS) is 40.1. The van der Waals surface area contributed by atoms with Crippen LogP contribution in [0.1, 0.15) is 65.7 Å². The molecule has 0 aromatic carbocycles. The van der Waals surface area contributed by atoms with E-state index in [0.717, 1.165) is 32.1 Å². The molecule has 4 atom stereocenters. The van der Waals surface area contributed by atoms with Crippen LogP contribution in [0.15, 0.2) is 0 Å². The van der Waals surface area contributed by atoms with Gasteiger partial charge in [0.1, 0.15) is 5.60 Å². The average molecular weight is 309 g/mol. The van der Waals surface area contributed by atoms with Gasteiger partial charge in [0.2, 0.25) is 0 Å². The van der Waals surface area contributed by atoms with E-state index >= 15 is 0 Å². The maximum absolute atomic E-state index is 12.3. The highest BCUT2D eigenvalue weighted by Gasteiger charge is 2.63. The molecule has 0 radical (unpaired) electrons. The summed E-state index contributed by atoms with van der Waals surface area (Å²) in [7, 11) is 0. The third-order valence-corrected chi connectivity index (χ3v) is 5.81. The summed E-state index contributed by atoms with van der Waals surface area (Å²) < 4.78 is 5.43. The van der Waals surface area contributed by atoms with Crippen molar-refractivity contribution in [1.29, 1.82) is 0 Å². The molecule has 5 nitrogen and oxygen atoms in total. The minimum Gasteiger partial charge on any atom is -0.481 e. The largest absolute Gasteiger partial charge is 0.481 e. The van der Waals surface area contributed by atoms with Crippen molar-refractivity contribution in [3.8, 4) is 0 Å². The summed E-state index contributed by atoms with van der Waals surface area (Å²) in [6, 6.07) is 0. The van der Waals surface area contributed by atoms with Gasteiger partial charge in [0.05, 0.1) is 5.41 Å². The average Bonchev–Trinajstić information content (AvgIpc) is 2.48. The van der Waals surface area contributed by atoms with Crippen LogP contribution in [0.25, 0.3) is 0 Å². The Bertz CT molecular complexity index is 497. The molecule has 3 fully saturated rings. The van der Waals surface area contributed by atoms with Gasteiger partial charge in [0.25, 0.3) is 0 Å². The van der Waals surface area contributed by atoms with Crippen LogP contribution in [0.3, 0.4) is 0 Å². The van der Waals surface area contributed by atoms with Gasteiger partial charge in [-0.15, -0.1) is 0 Å². The molecule has 4 unspecified atom stereocenters. The molecule has 3 aliphatic rings. The Hall–Kier alpha value is -1.26. The fourth-order valence-corrected chi connectivity index (χ4v) is 5.17. The molecular formula is C17H27NO4. The van der Waals surface area contributed by atoms with Crippen molar-refractivity contribution < 1.29 is 19.4 Å². The molecular weight excluding hydrogens is 282 g/mol. The topological polar surface area (TPSA) is 75.6 Å². The summed E-state index contributed by atoms with van der Waals surface area (Å²) in [6.45, 7) is 5.54. The molecule has 1 amide bonds. The third kappa shape index (κ3) is 2.59. The fourth-order valence-electron chi connectivity index (χ4n) is 5.17. The van der Waals surface area contributed by atoms with Gasteiger partial charge < -0.3 is 15.2 Å². The smallest absolute Gasteiger partial charge is 0.408 e. The van der Waals surface area contributed by atoms with E-state index < -0.39 is 23.1 Å². The van der Waals surface area contributed by atoms with Gasteiger partial charge >= 0.3 is 12.1 Å². The van der Waals surface area contributed by atoms with Gasteiger partial charge in [-0.2, -0.15) is 0 Å². The molecule has 2 N–H and O–H groups in total. The van der Waals surface area contributed by atoms with Gasteiger partial charge in [-0.3, -0.25) is 4.79 Å². The first kappa shape index (κ1) is 15.6. The zero-order valence-corrected chi connectivity index (χ0v) is 13.8. The number of fused-ring (bicyclic) bond motifs is 2. The molecule has 3 saturated carbocycles. The summed E-state index contributed by atoms with van der Waals surface area (Å²) in [6.07, 6.45) is 5.71. The Morgan fingerprint density at radius 2 is 2.00 bits per heavy atom. The number of aliphatic carboxylic acids is 1. The first-order chi connectivity index (χ1) is 10.1. The Balaban J connectivity index is 1.85. The number of carboxylic acid groups (broad SMARTS) is 1. The van der Waals surface area contributed by atoms with E-state index in [-0.39, 0.29) is 11.5 Å². The van der Waals surface area contributed by atoms with Crippen molar-refractivity contribution in [3.05, 3.63) is 0 Å². The molecule has 22 heavy (non-hydrogen) atoms. The lowest BCUT2D eigenvalue weighted by Gasteiger charge is -2.36. The van der Waals surface area contributed by atoms with Gasteiger partial charge in [-0.25, -0.2) is 4.79 Å². The Labute approximate surface area is 131 Å². The Morgan fingerprint density at radius 1 is 1.27 bits per heavy atom. The van der Waals surface area contributed by atoms with Crippen LogP contribution < -0.4 is 5.32 Å². The molecule has 0 saturated heterocycles. The summed E-state index contributed by atoms with van der Waals surface area (Å²) >= 11 is 0. The maximum atomic E-state index is 12.3. The van der Waals surface area contributed by atoms with Crippen LogP contribution in [-0.2, 0) is 9.53 Å². The van der Waals surface area contributed by atoms with Crippen LogP contribution in [0.5, 0.6) is 0 Å². The first-order valence-electron chi connectivity index (χ1n) is 8.39. The fraction of sp³-hybridized carbons (Fsp3) is 0.882. The molecule has 0 aromatic heterocycles. The number of alkyl carbamates (subject to hydrolysis) is 1. The van der Waals surface area contributed by atoms with Crippen LogP contribution in [0.2, 0.25) is 0 Å². The number of hydrogen-bond donors (Lipinski definition) is 2. The number of amides is 1. The third-order valence-electron chi connectivity index (χ3n) is 5.81. The number of carboxylic acids is 1. The molecule has 3 aliphatic carbocycles. The molecule has 0 aromatic rings. The molecule has 3 rings (SSSR count). The second-order valence-corrected chi connectivity index (χ2v) is 8.64. The Morgan fingerprint density at radius 3 is 2.64 bits per heavy atom. The maximum Gasteiger partial charge on any atom is 0.408 e. The summed E-state index contributed by atoms with van der Waals surface area (Å²) in [5.41, 5.74) is -1.55. The lowest BCUT2D eigenvalue weighted by molar-refractivity contribution is -0.151.